The average molecular weight is 361 g/mol. The Morgan fingerprint density at radius 3 is 2.65 bits per heavy atom. The smallest absolute Gasteiger partial charge is 0.255 e. The molecule has 0 aliphatic rings. The molecule has 0 bridgehead atoms. The van der Waals surface area contributed by atoms with Gasteiger partial charge in [-0.1, -0.05) is 18.2 Å². The van der Waals surface area contributed by atoms with E-state index in [1.54, 1.807) is 11.3 Å². The number of aryl methyl sites for hydroxylation is 3. The minimum Gasteiger partial charge on any atom is -0.322 e. The molecule has 0 spiro atoms. The van der Waals surface area contributed by atoms with Crippen molar-refractivity contribution in [1.29, 1.82) is 0 Å². The van der Waals surface area contributed by atoms with Gasteiger partial charge in [-0.25, -0.2) is 4.98 Å². The van der Waals surface area contributed by atoms with Crippen LogP contribution < -0.4 is 5.32 Å². The number of amides is 1. The van der Waals surface area contributed by atoms with Crippen molar-refractivity contribution in [3.63, 3.8) is 0 Å². The number of anilines is 1. The number of fused-ring (bicyclic) bond motifs is 1. The minimum absolute atomic E-state index is 0.105. The van der Waals surface area contributed by atoms with E-state index in [1.807, 2.05) is 66.9 Å². The molecule has 1 N–H and O–H groups in total. The molecule has 2 heterocycles. The monoisotopic (exact) mass is 361 g/mol. The fraction of sp³-hybridized carbons (Fsp3) is 0.143. The molecule has 4 aromatic rings. The van der Waals surface area contributed by atoms with Gasteiger partial charge in [-0.3, -0.25) is 9.20 Å². The van der Waals surface area contributed by atoms with Gasteiger partial charge in [0.25, 0.3) is 5.91 Å². The van der Waals surface area contributed by atoms with Crippen molar-refractivity contribution in [3.8, 4) is 11.3 Å². The van der Waals surface area contributed by atoms with Crippen LogP contribution in [-0.4, -0.2) is 15.3 Å². The lowest BCUT2D eigenvalue weighted by atomic mass is 10.1. The van der Waals surface area contributed by atoms with Crippen LogP contribution in [0.2, 0.25) is 0 Å². The first-order valence-electron chi connectivity index (χ1n) is 8.44. The zero-order chi connectivity index (χ0) is 18.3. The second-order valence-electron chi connectivity index (χ2n) is 6.49. The van der Waals surface area contributed by atoms with Crippen LogP contribution >= 0.6 is 11.3 Å². The second-order valence-corrected chi connectivity index (χ2v) is 7.70. The van der Waals surface area contributed by atoms with E-state index < -0.39 is 0 Å². The molecule has 2 aromatic carbocycles. The van der Waals surface area contributed by atoms with Crippen LogP contribution in [0, 0.1) is 20.8 Å². The number of nitrogens with zero attached hydrogens (tertiary/aromatic N) is 2. The van der Waals surface area contributed by atoms with E-state index in [4.69, 9.17) is 0 Å². The highest BCUT2D eigenvalue weighted by Gasteiger charge is 2.10. The average Bonchev–Trinajstić information content (AvgIpc) is 3.15. The van der Waals surface area contributed by atoms with E-state index in [9.17, 15) is 4.79 Å². The Bertz CT molecular complexity index is 1090. The lowest BCUT2D eigenvalue weighted by Gasteiger charge is -2.08. The Morgan fingerprint density at radius 1 is 1.04 bits per heavy atom. The number of nitrogens with one attached hydrogen (secondary N) is 1. The summed E-state index contributed by atoms with van der Waals surface area (Å²) in [6, 6.07) is 13.5. The number of carbonyl (C=O) groups is 1. The molecule has 5 heteroatoms. The maximum atomic E-state index is 12.5. The molecule has 4 nitrogen and oxygen atoms in total. The Morgan fingerprint density at radius 2 is 1.88 bits per heavy atom. The number of thiazole rings is 1. The molecule has 0 atom stereocenters. The zero-order valence-corrected chi connectivity index (χ0v) is 15.7. The molecule has 0 aliphatic heterocycles. The lowest BCUT2D eigenvalue weighted by molar-refractivity contribution is 0.102. The van der Waals surface area contributed by atoms with Gasteiger partial charge in [-0.2, -0.15) is 0 Å². The SMILES string of the molecule is Cc1cn2cc(-c3cccc(NC(=O)c4ccc(C)c(C)c4)c3)nc2s1. The highest BCUT2D eigenvalue weighted by molar-refractivity contribution is 7.17. The first kappa shape index (κ1) is 16.5. The van der Waals surface area contributed by atoms with Gasteiger partial charge < -0.3 is 5.32 Å². The largest absolute Gasteiger partial charge is 0.322 e. The topological polar surface area (TPSA) is 46.4 Å². The van der Waals surface area contributed by atoms with E-state index in [-0.39, 0.29) is 5.91 Å². The van der Waals surface area contributed by atoms with Crippen molar-refractivity contribution in [2.24, 2.45) is 0 Å². The van der Waals surface area contributed by atoms with Gasteiger partial charge in [-0.15, -0.1) is 11.3 Å². The fourth-order valence-electron chi connectivity index (χ4n) is 2.89. The maximum absolute atomic E-state index is 12.5. The third-order valence-corrected chi connectivity index (χ3v) is 5.37. The number of imidazole rings is 1. The van der Waals surface area contributed by atoms with Crippen molar-refractivity contribution >= 4 is 27.9 Å². The summed E-state index contributed by atoms with van der Waals surface area (Å²) < 4.78 is 2.04. The standard InChI is InChI=1S/C21H19N3OS/c1-13-7-8-17(9-14(13)2)20(25)22-18-6-4-5-16(10-18)19-12-24-11-15(3)26-21(24)23-19/h4-12H,1-3H3,(H,22,25). The molecule has 0 radical (unpaired) electrons. The van der Waals surface area contributed by atoms with Crippen LogP contribution in [0.15, 0.2) is 54.9 Å². The maximum Gasteiger partial charge on any atom is 0.255 e. The minimum atomic E-state index is -0.105. The number of rotatable bonds is 3. The first-order valence-corrected chi connectivity index (χ1v) is 9.25. The highest BCUT2D eigenvalue weighted by atomic mass is 32.1. The molecule has 0 aliphatic carbocycles. The van der Waals surface area contributed by atoms with Gasteiger partial charge in [0, 0.05) is 34.1 Å². The Hall–Kier alpha value is -2.92. The quantitative estimate of drug-likeness (QED) is 0.542. The van der Waals surface area contributed by atoms with Gasteiger partial charge >= 0.3 is 0 Å². The second kappa shape index (κ2) is 6.42. The van der Waals surface area contributed by atoms with Crippen molar-refractivity contribution in [3.05, 3.63) is 76.4 Å². The third-order valence-electron chi connectivity index (χ3n) is 4.46. The molecule has 0 saturated heterocycles. The van der Waals surface area contributed by atoms with Gasteiger partial charge in [0.15, 0.2) is 4.96 Å². The van der Waals surface area contributed by atoms with E-state index in [0.717, 1.165) is 27.5 Å². The molecular weight excluding hydrogens is 342 g/mol. The summed E-state index contributed by atoms with van der Waals surface area (Å²) in [7, 11) is 0. The molecule has 0 unspecified atom stereocenters. The summed E-state index contributed by atoms with van der Waals surface area (Å²) in [4.78, 5) is 19.4. The van der Waals surface area contributed by atoms with Crippen LogP contribution in [0.1, 0.15) is 26.4 Å². The highest BCUT2D eigenvalue weighted by Crippen LogP contribution is 2.25. The third kappa shape index (κ3) is 3.13. The summed E-state index contributed by atoms with van der Waals surface area (Å²) in [6.45, 7) is 6.12. The Labute approximate surface area is 156 Å². The van der Waals surface area contributed by atoms with E-state index in [2.05, 4.69) is 23.4 Å². The summed E-state index contributed by atoms with van der Waals surface area (Å²) in [6.07, 6.45) is 4.09. The van der Waals surface area contributed by atoms with Crippen molar-refractivity contribution < 1.29 is 4.79 Å². The molecule has 26 heavy (non-hydrogen) atoms. The first-order chi connectivity index (χ1) is 12.5. The van der Waals surface area contributed by atoms with Crippen LogP contribution in [0.3, 0.4) is 0 Å². The van der Waals surface area contributed by atoms with Crippen LogP contribution in [0.4, 0.5) is 5.69 Å². The number of benzene rings is 2. The Balaban J connectivity index is 1.59. The van der Waals surface area contributed by atoms with Crippen LogP contribution in [0.25, 0.3) is 16.2 Å². The number of hydrogen-bond acceptors (Lipinski definition) is 3. The molecular formula is C21H19N3OS. The summed E-state index contributed by atoms with van der Waals surface area (Å²) in [5.74, 6) is -0.105. The van der Waals surface area contributed by atoms with Gasteiger partial charge in [0.05, 0.1) is 5.69 Å². The molecule has 130 valence electrons. The van der Waals surface area contributed by atoms with Gasteiger partial charge in [0.1, 0.15) is 0 Å². The summed E-state index contributed by atoms with van der Waals surface area (Å²) in [5, 5.41) is 2.98. The van der Waals surface area contributed by atoms with Crippen molar-refractivity contribution in [2.75, 3.05) is 5.32 Å². The molecule has 2 aromatic heterocycles. The van der Waals surface area contributed by atoms with Crippen molar-refractivity contribution in [2.45, 2.75) is 20.8 Å². The number of aromatic nitrogens is 2. The normalized spacial score (nSPS) is 11.0. The fourth-order valence-corrected chi connectivity index (χ4v) is 3.70. The van der Waals surface area contributed by atoms with E-state index in [1.165, 1.54) is 10.4 Å². The van der Waals surface area contributed by atoms with E-state index in [0.29, 0.717) is 5.56 Å². The summed E-state index contributed by atoms with van der Waals surface area (Å²) in [5.41, 5.74) is 5.60. The molecule has 1 amide bonds. The Kier molecular flexibility index (Phi) is 4.09. The van der Waals surface area contributed by atoms with Gasteiger partial charge in [-0.05, 0) is 56.2 Å². The zero-order valence-electron chi connectivity index (χ0n) is 14.9. The van der Waals surface area contributed by atoms with Crippen molar-refractivity contribution in [1.82, 2.24) is 9.38 Å². The van der Waals surface area contributed by atoms with E-state index >= 15 is 0 Å². The van der Waals surface area contributed by atoms with Crippen LogP contribution in [0.5, 0.6) is 0 Å². The predicted molar refractivity (Wildman–Crippen MR) is 107 cm³/mol. The predicted octanol–water partition coefficient (Wildman–Crippen LogP) is 5.24. The number of hydrogen-bond donors (Lipinski definition) is 1. The van der Waals surface area contributed by atoms with Gasteiger partial charge in [0.2, 0.25) is 0 Å². The molecule has 0 saturated carbocycles. The molecule has 0 fully saturated rings. The number of carbonyl (C=O) groups excluding carboxylic acids is 1. The van der Waals surface area contributed by atoms with Crippen LogP contribution in [-0.2, 0) is 0 Å². The summed E-state index contributed by atoms with van der Waals surface area (Å²) >= 11 is 1.66. The molecule has 4 rings (SSSR count). The lowest BCUT2D eigenvalue weighted by Crippen LogP contribution is -2.12.